The van der Waals surface area contributed by atoms with Crippen molar-refractivity contribution in [2.75, 3.05) is 20.8 Å². The van der Waals surface area contributed by atoms with E-state index in [4.69, 9.17) is 9.47 Å². The summed E-state index contributed by atoms with van der Waals surface area (Å²) in [6.45, 7) is 5.11. The van der Waals surface area contributed by atoms with Crippen LogP contribution in [0.15, 0.2) is 42.5 Å². The van der Waals surface area contributed by atoms with Gasteiger partial charge in [0.15, 0.2) is 11.5 Å². The minimum atomic E-state index is -0.596. The summed E-state index contributed by atoms with van der Waals surface area (Å²) < 4.78 is 10.5. The Morgan fingerprint density at radius 1 is 1.00 bits per heavy atom. The van der Waals surface area contributed by atoms with Crippen molar-refractivity contribution in [2.24, 2.45) is 5.92 Å². The second-order valence-corrected chi connectivity index (χ2v) is 7.54. The van der Waals surface area contributed by atoms with Gasteiger partial charge in [-0.15, -0.1) is 0 Å². The van der Waals surface area contributed by atoms with E-state index in [0.29, 0.717) is 30.2 Å². The molecule has 0 saturated heterocycles. The van der Waals surface area contributed by atoms with Gasteiger partial charge in [0.25, 0.3) is 5.91 Å². The predicted octanol–water partition coefficient (Wildman–Crippen LogP) is 3.04. The quantitative estimate of drug-likeness (QED) is 0.815. The molecule has 1 aliphatic heterocycles. The number of hydrogen-bond donors (Lipinski definition) is 1. The number of rotatable bonds is 6. The Bertz CT molecular complexity index is 894. The minimum absolute atomic E-state index is 0.0382. The molecule has 2 amide bonds. The Hall–Kier alpha value is -3.02. The summed E-state index contributed by atoms with van der Waals surface area (Å²) >= 11 is 0. The molecule has 6 heteroatoms. The maximum absolute atomic E-state index is 13.2. The number of carbonyl (C=O) groups is 2. The zero-order valence-electron chi connectivity index (χ0n) is 17.4. The zero-order valence-corrected chi connectivity index (χ0v) is 17.4. The highest BCUT2D eigenvalue weighted by atomic mass is 16.5. The molecule has 1 atom stereocenters. The first kappa shape index (κ1) is 20.7. The van der Waals surface area contributed by atoms with E-state index in [2.05, 4.69) is 17.4 Å². The molecule has 0 saturated carbocycles. The SMILES string of the molecule is COc1ccc(C(=O)N[C@H](C(=O)N2CCc3ccccc3C2)C(C)C)cc1OC. The smallest absolute Gasteiger partial charge is 0.252 e. The van der Waals surface area contributed by atoms with Crippen LogP contribution in [0.4, 0.5) is 0 Å². The number of benzene rings is 2. The van der Waals surface area contributed by atoms with Crippen molar-refractivity contribution in [3.05, 3.63) is 59.2 Å². The summed E-state index contributed by atoms with van der Waals surface area (Å²) in [5, 5.41) is 2.92. The largest absolute Gasteiger partial charge is 0.493 e. The summed E-state index contributed by atoms with van der Waals surface area (Å²) in [5.41, 5.74) is 2.87. The second kappa shape index (κ2) is 8.99. The maximum Gasteiger partial charge on any atom is 0.252 e. The third kappa shape index (κ3) is 4.53. The average Bonchev–Trinajstić information content (AvgIpc) is 2.75. The molecule has 0 aromatic heterocycles. The lowest BCUT2D eigenvalue weighted by Crippen LogP contribution is -2.52. The van der Waals surface area contributed by atoms with Crippen molar-refractivity contribution in [1.82, 2.24) is 10.2 Å². The van der Waals surface area contributed by atoms with Gasteiger partial charge in [-0.1, -0.05) is 38.1 Å². The molecule has 2 aromatic carbocycles. The van der Waals surface area contributed by atoms with Crippen molar-refractivity contribution in [3.63, 3.8) is 0 Å². The van der Waals surface area contributed by atoms with E-state index in [0.717, 1.165) is 6.42 Å². The van der Waals surface area contributed by atoms with Crippen molar-refractivity contribution in [1.29, 1.82) is 0 Å². The maximum atomic E-state index is 13.2. The monoisotopic (exact) mass is 396 g/mol. The number of amides is 2. The number of carbonyl (C=O) groups excluding carboxylic acids is 2. The van der Waals surface area contributed by atoms with Gasteiger partial charge < -0.3 is 19.7 Å². The van der Waals surface area contributed by atoms with E-state index in [9.17, 15) is 9.59 Å². The standard InChI is InChI=1S/C23H28N2O4/c1-15(2)21(23(27)25-12-11-16-7-5-6-8-18(16)14-25)24-22(26)17-9-10-19(28-3)20(13-17)29-4/h5-10,13,15,21H,11-12,14H2,1-4H3,(H,24,26)/t21-/m0/s1. The van der Waals surface area contributed by atoms with Crippen LogP contribution in [0.5, 0.6) is 11.5 Å². The number of hydrogen-bond acceptors (Lipinski definition) is 4. The third-order valence-corrected chi connectivity index (χ3v) is 5.31. The molecule has 154 valence electrons. The molecule has 0 fully saturated rings. The Morgan fingerprint density at radius 3 is 2.34 bits per heavy atom. The van der Waals surface area contributed by atoms with E-state index < -0.39 is 6.04 Å². The van der Waals surface area contributed by atoms with Gasteiger partial charge in [0.2, 0.25) is 5.91 Å². The summed E-state index contributed by atoms with van der Waals surface area (Å²) in [5.74, 6) is 0.621. The molecule has 6 nitrogen and oxygen atoms in total. The van der Waals surface area contributed by atoms with Gasteiger partial charge in [-0.25, -0.2) is 0 Å². The fourth-order valence-corrected chi connectivity index (χ4v) is 3.60. The lowest BCUT2D eigenvalue weighted by Gasteiger charge is -2.33. The Labute approximate surface area is 171 Å². The number of nitrogens with zero attached hydrogens (tertiary/aromatic N) is 1. The molecule has 1 N–H and O–H groups in total. The van der Waals surface area contributed by atoms with Crippen LogP contribution < -0.4 is 14.8 Å². The normalized spacial score (nSPS) is 14.2. The van der Waals surface area contributed by atoms with Crippen LogP contribution in [0.3, 0.4) is 0 Å². The molecule has 0 spiro atoms. The van der Waals surface area contributed by atoms with Crippen molar-refractivity contribution >= 4 is 11.8 Å². The summed E-state index contributed by atoms with van der Waals surface area (Å²) in [6.07, 6.45) is 0.830. The number of methoxy groups -OCH3 is 2. The van der Waals surface area contributed by atoms with E-state index in [1.807, 2.05) is 30.9 Å². The second-order valence-electron chi connectivity index (χ2n) is 7.54. The summed E-state index contributed by atoms with van der Waals surface area (Å²) in [4.78, 5) is 27.9. The predicted molar refractivity (Wildman–Crippen MR) is 111 cm³/mol. The summed E-state index contributed by atoms with van der Waals surface area (Å²) in [7, 11) is 3.07. The van der Waals surface area contributed by atoms with Gasteiger partial charge in [-0.3, -0.25) is 9.59 Å². The first-order valence-corrected chi connectivity index (χ1v) is 9.83. The number of ether oxygens (including phenoxy) is 2. The first-order chi connectivity index (χ1) is 13.9. The highest BCUT2D eigenvalue weighted by molar-refractivity contribution is 5.98. The van der Waals surface area contributed by atoms with E-state index >= 15 is 0 Å². The van der Waals surface area contributed by atoms with Crippen LogP contribution in [0.1, 0.15) is 35.3 Å². The van der Waals surface area contributed by atoms with Gasteiger partial charge in [0.05, 0.1) is 14.2 Å². The van der Waals surface area contributed by atoms with Crippen LogP contribution >= 0.6 is 0 Å². The average molecular weight is 396 g/mol. The zero-order chi connectivity index (χ0) is 21.0. The number of nitrogens with one attached hydrogen (secondary N) is 1. The molecule has 0 aliphatic carbocycles. The molecular formula is C23H28N2O4. The van der Waals surface area contributed by atoms with Gasteiger partial charge in [-0.05, 0) is 41.7 Å². The van der Waals surface area contributed by atoms with E-state index in [1.165, 1.54) is 18.2 Å². The fourth-order valence-electron chi connectivity index (χ4n) is 3.60. The van der Waals surface area contributed by atoms with Gasteiger partial charge in [0, 0.05) is 18.7 Å². The van der Waals surface area contributed by atoms with Crippen LogP contribution in [0, 0.1) is 5.92 Å². The Kier molecular flexibility index (Phi) is 6.42. The lowest BCUT2D eigenvalue weighted by atomic mass is 9.97. The van der Waals surface area contributed by atoms with Crippen molar-refractivity contribution < 1.29 is 19.1 Å². The van der Waals surface area contributed by atoms with E-state index in [-0.39, 0.29) is 17.7 Å². The van der Waals surface area contributed by atoms with Gasteiger partial charge in [0.1, 0.15) is 6.04 Å². The molecule has 29 heavy (non-hydrogen) atoms. The molecule has 2 aromatic rings. The molecular weight excluding hydrogens is 368 g/mol. The molecule has 1 heterocycles. The first-order valence-electron chi connectivity index (χ1n) is 9.83. The minimum Gasteiger partial charge on any atom is -0.493 e. The van der Waals surface area contributed by atoms with Crippen LogP contribution in [0.25, 0.3) is 0 Å². The molecule has 1 aliphatic rings. The topological polar surface area (TPSA) is 67.9 Å². The lowest BCUT2D eigenvalue weighted by molar-refractivity contribution is -0.135. The molecule has 0 unspecified atom stereocenters. The molecule has 0 bridgehead atoms. The number of fused-ring (bicyclic) bond motifs is 1. The van der Waals surface area contributed by atoms with Crippen LogP contribution in [0.2, 0.25) is 0 Å². The molecule has 0 radical (unpaired) electrons. The van der Waals surface area contributed by atoms with Gasteiger partial charge in [-0.2, -0.15) is 0 Å². The Morgan fingerprint density at radius 2 is 1.69 bits per heavy atom. The summed E-state index contributed by atoms with van der Waals surface area (Å²) in [6, 6.07) is 12.5. The van der Waals surface area contributed by atoms with Crippen molar-refractivity contribution in [3.8, 4) is 11.5 Å². The molecule has 3 rings (SSSR count). The van der Waals surface area contributed by atoms with Crippen LogP contribution in [-0.2, 0) is 17.8 Å². The van der Waals surface area contributed by atoms with Gasteiger partial charge >= 0.3 is 0 Å². The fraction of sp³-hybridized carbons (Fsp3) is 0.391. The Balaban J connectivity index is 1.75. The highest BCUT2D eigenvalue weighted by Crippen LogP contribution is 2.27. The third-order valence-electron chi connectivity index (χ3n) is 5.31. The van der Waals surface area contributed by atoms with Crippen LogP contribution in [-0.4, -0.2) is 43.5 Å². The van der Waals surface area contributed by atoms with Crippen molar-refractivity contribution in [2.45, 2.75) is 32.9 Å². The van der Waals surface area contributed by atoms with E-state index in [1.54, 1.807) is 25.3 Å². The highest BCUT2D eigenvalue weighted by Gasteiger charge is 2.31.